The number of nitrogens with two attached hydrogens (primary N) is 1. The van der Waals surface area contributed by atoms with Crippen LogP contribution in [0.3, 0.4) is 0 Å². The van der Waals surface area contributed by atoms with Crippen molar-refractivity contribution in [2.24, 2.45) is 5.73 Å². The molecule has 7 nitrogen and oxygen atoms in total. The Morgan fingerprint density at radius 3 is 2.45 bits per heavy atom. The van der Waals surface area contributed by atoms with Gasteiger partial charge in [0.25, 0.3) is 0 Å². The molecule has 1 fully saturated rings. The summed E-state index contributed by atoms with van der Waals surface area (Å²) >= 11 is 0. The number of primary amides is 1. The molecule has 0 bridgehead atoms. The second kappa shape index (κ2) is 5.79. The molecular formula is C13H18N4O3. The van der Waals surface area contributed by atoms with E-state index in [1.54, 1.807) is 12.1 Å². The van der Waals surface area contributed by atoms with Gasteiger partial charge in [0.1, 0.15) is 0 Å². The fourth-order valence-corrected chi connectivity index (χ4v) is 2.23. The summed E-state index contributed by atoms with van der Waals surface area (Å²) in [5.74, 6) is -0.580. The third-order valence-corrected chi connectivity index (χ3v) is 3.37. The van der Waals surface area contributed by atoms with Crippen molar-refractivity contribution in [1.29, 1.82) is 0 Å². The zero-order chi connectivity index (χ0) is 14.7. The molecule has 4 N–H and O–H groups in total. The summed E-state index contributed by atoms with van der Waals surface area (Å²) in [6.45, 7) is 3.43. The summed E-state index contributed by atoms with van der Waals surface area (Å²) in [5.41, 5.74) is 6.67. The average Bonchev–Trinajstić information content (AvgIpc) is 2.39. The van der Waals surface area contributed by atoms with Crippen molar-refractivity contribution in [2.75, 3.05) is 43.4 Å². The van der Waals surface area contributed by atoms with Crippen LogP contribution in [0.4, 0.5) is 16.2 Å². The van der Waals surface area contributed by atoms with E-state index in [0.717, 1.165) is 31.9 Å². The van der Waals surface area contributed by atoms with Gasteiger partial charge in [-0.3, -0.25) is 10.1 Å². The zero-order valence-electron chi connectivity index (χ0n) is 11.3. The van der Waals surface area contributed by atoms with E-state index in [9.17, 15) is 9.59 Å². The van der Waals surface area contributed by atoms with Crippen LogP contribution in [0.2, 0.25) is 0 Å². The number of likely N-dealkylation sites (N-methyl/N-ethyl adjacent to an activating group) is 1. The molecule has 2 amide bonds. The van der Waals surface area contributed by atoms with Gasteiger partial charge < -0.3 is 20.6 Å². The number of piperazine rings is 1. The normalized spacial score (nSPS) is 15.9. The highest BCUT2D eigenvalue weighted by Gasteiger charge is 2.18. The second-order valence-electron chi connectivity index (χ2n) is 4.82. The molecule has 1 aromatic rings. The van der Waals surface area contributed by atoms with Crippen LogP contribution < -0.4 is 16.0 Å². The molecule has 0 atom stereocenters. The Hall–Kier alpha value is -2.28. The van der Waals surface area contributed by atoms with Crippen molar-refractivity contribution in [2.45, 2.75) is 0 Å². The molecule has 108 valence electrons. The van der Waals surface area contributed by atoms with E-state index in [1.165, 1.54) is 6.07 Å². The van der Waals surface area contributed by atoms with Gasteiger partial charge in [-0.1, -0.05) is 0 Å². The lowest BCUT2D eigenvalue weighted by Gasteiger charge is -2.35. The van der Waals surface area contributed by atoms with Crippen LogP contribution >= 0.6 is 0 Å². The summed E-state index contributed by atoms with van der Waals surface area (Å²) in [6, 6.07) is 4.82. The van der Waals surface area contributed by atoms with E-state index in [-0.39, 0.29) is 5.56 Å². The van der Waals surface area contributed by atoms with E-state index < -0.39 is 12.0 Å². The van der Waals surface area contributed by atoms with Crippen molar-refractivity contribution >= 4 is 23.4 Å². The lowest BCUT2D eigenvalue weighted by atomic mass is 10.1. The van der Waals surface area contributed by atoms with Crippen molar-refractivity contribution in [3.63, 3.8) is 0 Å². The molecule has 1 aliphatic rings. The molecule has 1 heterocycles. The van der Waals surface area contributed by atoms with E-state index in [0.29, 0.717) is 5.69 Å². The fraction of sp³-hybridized carbons (Fsp3) is 0.385. The summed E-state index contributed by atoms with van der Waals surface area (Å²) in [6.07, 6.45) is -1.16. The minimum Gasteiger partial charge on any atom is -0.465 e. The number of hydrogen-bond donors (Lipinski definition) is 3. The predicted molar refractivity (Wildman–Crippen MR) is 76.3 cm³/mol. The topological polar surface area (TPSA) is 98.9 Å². The van der Waals surface area contributed by atoms with E-state index in [1.807, 2.05) is 7.05 Å². The number of nitrogens with one attached hydrogen (secondary N) is 1. The van der Waals surface area contributed by atoms with Crippen LogP contribution in [-0.2, 0) is 0 Å². The maximum atomic E-state index is 11.2. The molecule has 0 radical (unpaired) electrons. The first-order valence-corrected chi connectivity index (χ1v) is 6.34. The smallest absolute Gasteiger partial charge is 0.409 e. The molecule has 2 rings (SSSR count). The predicted octanol–water partition coefficient (Wildman–Crippen LogP) is 0.627. The number of nitrogens with zero attached hydrogens (tertiary/aromatic N) is 2. The number of carboxylic acid groups (broad SMARTS) is 1. The molecule has 0 unspecified atom stereocenters. The van der Waals surface area contributed by atoms with Crippen LogP contribution in [0.15, 0.2) is 18.2 Å². The first kappa shape index (κ1) is 14.1. The Morgan fingerprint density at radius 2 is 1.90 bits per heavy atom. The van der Waals surface area contributed by atoms with E-state index in [2.05, 4.69) is 15.1 Å². The standard InChI is InChI=1S/C13H18N4O3/c1-16-4-6-17(7-5-16)11-3-2-9(12(14)18)8-10(11)15-13(19)20/h2-3,8,15H,4-7H2,1H3,(H2,14,18)(H,19,20). The fourth-order valence-electron chi connectivity index (χ4n) is 2.23. The first-order valence-electron chi connectivity index (χ1n) is 6.34. The van der Waals surface area contributed by atoms with Crippen molar-refractivity contribution in [3.8, 4) is 0 Å². The molecule has 1 saturated heterocycles. The summed E-state index contributed by atoms with van der Waals surface area (Å²) in [7, 11) is 2.05. The molecule has 20 heavy (non-hydrogen) atoms. The lowest BCUT2D eigenvalue weighted by Crippen LogP contribution is -2.44. The van der Waals surface area contributed by atoms with Gasteiger partial charge in [0.15, 0.2) is 0 Å². The number of benzene rings is 1. The molecule has 1 aromatic carbocycles. The lowest BCUT2D eigenvalue weighted by molar-refractivity contribution is 0.1000. The number of anilines is 2. The number of rotatable bonds is 3. The van der Waals surface area contributed by atoms with Gasteiger partial charge in [0, 0.05) is 31.7 Å². The van der Waals surface area contributed by atoms with Gasteiger partial charge in [0.05, 0.1) is 11.4 Å². The molecule has 0 aliphatic carbocycles. The van der Waals surface area contributed by atoms with Crippen molar-refractivity contribution < 1.29 is 14.7 Å². The quantitative estimate of drug-likeness (QED) is 0.753. The van der Waals surface area contributed by atoms with Crippen molar-refractivity contribution in [1.82, 2.24) is 4.90 Å². The van der Waals surface area contributed by atoms with Gasteiger partial charge in [0.2, 0.25) is 5.91 Å². The van der Waals surface area contributed by atoms with Gasteiger partial charge >= 0.3 is 6.09 Å². The van der Waals surface area contributed by atoms with Crippen LogP contribution in [0.25, 0.3) is 0 Å². The maximum Gasteiger partial charge on any atom is 0.409 e. The monoisotopic (exact) mass is 278 g/mol. The van der Waals surface area contributed by atoms with E-state index >= 15 is 0 Å². The SMILES string of the molecule is CN1CCN(c2ccc(C(N)=O)cc2NC(=O)O)CC1. The molecule has 1 aliphatic heterocycles. The zero-order valence-corrected chi connectivity index (χ0v) is 11.3. The highest BCUT2D eigenvalue weighted by molar-refractivity contribution is 5.97. The summed E-state index contributed by atoms with van der Waals surface area (Å²) < 4.78 is 0. The first-order chi connectivity index (χ1) is 9.47. The Kier molecular flexibility index (Phi) is 4.09. The third kappa shape index (κ3) is 3.18. The van der Waals surface area contributed by atoms with Gasteiger partial charge in [-0.25, -0.2) is 4.79 Å². The average molecular weight is 278 g/mol. The molecular weight excluding hydrogens is 260 g/mol. The Balaban J connectivity index is 2.30. The largest absolute Gasteiger partial charge is 0.465 e. The Labute approximate surface area is 117 Å². The maximum absolute atomic E-state index is 11.2. The van der Waals surface area contributed by atoms with Gasteiger partial charge in [-0.15, -0.1) is 0 Å². The van der Waals surface area contributed by atoms with Crippen LogP contribution in [-0.4, -0.2) is 55.2 Å². The molecule has 0 spiro atoms. The number of carbonyl (C=O) groups is 2. The minimum atomic E-state index is -1.16. The number of amides is 2. The summed E-state index contributed by atoms with van der Waals surface area (Å²) in [4.78, 5) is 26.4. The van der Waals surface area contributed by atoms with Crippen molar-refractivity contribution in [3.05, 3.63) is 23.8 Å². The highest BCUT2D eigenvalue weighted by Crippen LogP contribution is 2.28. The Bertz CT molecular complexity index is 524. The van der Waals surface area contributed by atoms with Crippen LogP contribution in [0, 0.1) is 0 Å². The third-order valence-electron chi connectivity index (χ3n) is 3.37. The molecule has 0 aromatic heterocycles. The van der Waals surface area contributed by atoms with Gasteiger partial charge in [-0.2, -0.15) is 0 Å². The van der Waals surface area contributed by atoms with Gasteiger partial charge in [-0.05, 0) is 25.2 Å². The number of hydrogen-bond acceptors (Lipinski definition) is 4. The second-order valence-corrected chi connectivity index (χ2v) is 4.82. The minimum absolute atomic E-state index is 0.284. The van der Waals surface area contributed by atoms with Crippen LogP contribution in [0.5, 0.6) is 0 Å². The van der Waals surface area contributed by atoms with E-state index in [4.69, 9.17) is 10.8 Å². The molecule has 0 saturated carbocycles. The highest BCUT2D eigenvalue weighted by atomic mass is 16.4. The summed E-state index contributed by atoms with van der Waals surface area (Å²) in [5, 5.41) is 11.2. The molecule has 7 heteroatoms. The van der Waals surface area contributed by atoms with Crippen LogP contribution in [0.1, 0.15) is 10.4 Å². The Morgan fingerprint density at radius 1 is 1.25 bits per heavy atom. The number of carbonyl (C=O) groups excluding carboxylic acids is 1.